The van der Waals surface area contributed by atoms with Crippen LogP contribution in [0.3, 0.4) is 0 Å². The normalized spacial score (nSPS) is 19.8. The lowest BCUT2D eigenvalue weighted by molar-refractivity contribution is -0.146. The Bertz CT molecular complexity index is 932. The number of carbonyl (C=O) groups is 3. The highest BCUT2D eigenvalue weighted by Gasteiger charge is 2.41. The van der Waals surface area contributed by atoms with Gasteiger partial charge < -0.3 is 30.2 Å². The van der Waals surface area contributed by atoms with Crippen LogP contribution >= 0.6 is 0 Å². The first-order valence-electron chi connectivity index (χ1n) is 12.9. The number of primary amides is 1. The van der Waals surface area contributed by atoms with Gasteiger partial charge in [0.25, 0.3) is 0 Å². The molecule has 1 heterocycles. The maximum absolute atomic E-state index is 14.3. The number of carbonyl (C=O) groups excluding carboxylic acids is 3. The molecule has 9 heteroatoms. The van der Waals surface area contributed by atoms with Gasteiger partial charge in [-0.1, -0.05) is 19.3 Å². The van der Waals surface area contributed by atoms with Gasteiger partial charge in [-0.05, 0) is 69.6 Å². The minimum absolute atomic E-state index is 0.0760. The molecule has 0 aromatic heterocycles. The fraction of sp³-hybridized carbons (Fsp3) is 0.667. The molecule has 1 aromatic rings. The Kier molecular flexibility index (Phi) is 9.08. The van der Waals surface area contributed by atoms with E-state index < -0.39 is 23.4 Å². The third-order valence-electron chi connectivity index (χ3n) is 7.57. The Morgan fingerprint density at radius 1 is 0.944 bits per heavy atom. The summed E-state index contributed by atoms with van der Waals surface area (Å²) in [5.74, 6) is 0.114. The van der Waals surface area contributed by atoms with E-state index in [2.05, 4.69) is 5.32 Å². The lowest BCUT2D eigenvalue weighted by atomic mass is 9.75. The van der Waals surface area contributed by atoms with Crippen LogP contribution in [-0.4, -0.2) is 62.1 Å². The molecule has 2 fully saturated rings. The second kappa shape index (κ2) is 11.8. The highest BCUT2D eigenvalue weighted by molar-refractivity contribution is 5.95. The largest absolute Gasteiger partial charge is 0.493 e. The number of nitrogens with zero attached hydrogens (tertiary/aromatic N) is 1. The minimum atomic E-state index is -1.21. The van der Waals surface area contributed by atoms with Crippen LogP contribution < -0.4 is 25.3 Å². The lowest BCUT2D eigenvalue weighted by Crippen LogP contribution is -2.60. The Labute approximate surface area is 214 Å². The molecule has 0 radical (unpaired) electrons. The monoisotopic (exact) mass is 503 g/mol. The van der Waals surface area contributed by atoms with Crippen molar-refractivity contribution in [3.63, 3.8) is 0 Å². The lowest BCUT2D eigenvalue weighted by Gasteiger charge is -2.40. The Morgan fingerprint density at radius 2 is 1.53 bits per heavy atom. The second-order valence-corrected chi connectivity index (χ2v) is 10.4. The molecular weight excluding hydrogens is 462 g/mol. The smallest absolute Gasteiger partial charge is 0.243 e. The zero-order chi connectivity index (χ0) is 26.5. The highest BCUT2D eigenvalue weighted by Crippen LogP contribution is 2.45. The second-order valence-electron chi connectivity index (χ2n) is 10.4. The molecule has 1 unspecified atom stereocenters. The van der Waals surface area contributed by atoms with Crippen LogP contribution in [0, 0.1) is 5.92 Å². The van der Waals surface area contributed by atoms with E-state index in [0.29, 0.717) is 30.2 Å². The number of ether oxygens (including phenoxy) is 3. The van der Waals surface area contributed by atoms with Gasteiger partial charge in [0.15, 0.2) is 11.5 Å². The summed E-state index contributed by atoms with van der Waals surface area (Å²) in [6, 6.07) is 3.06. The van der Waals surface area contributed by atoms with Crippen molar-refractivity contribution in [3.05, 3.63) is 17.7 Å². The van der Waals surface area contributed by atoms with Crippen LogP contribution in [-0.2, 0) is 14.4 Å². The number of rotatable bonds is 9. The van der Waals surface area contributed by atoms with Crippen LogP contribution in [0.4, 0.5) is 0 Å². The maximum Gasteiger partial charge on any atom is 0.243 e. The fourth-order valence-electron chi connectivity index (χ4n) is 5.46. The summed E-state index contributed by atoms with van der Waals surface area (Å²) < 4.78 is 16.7. The summed E-state index contributed by atoms with van der Waals surface area (Å²) in [6.45, 7) is 3.63. The van der Waals surface area contributed by atoms with E-state index in [-0.39, 0.29) is 17.7 Å². The van der Waals surface area contributed by atoms with Crippen molar-refractivity contribution in [3.8, 4) is 17.2 Å². The summed E-state index contributed by atoms with van der Waals surface area (Å²) in [6.07, 6.45) is 7.35. The number of nitrogens with one attached hydrogen (secondary N) is 1. The predicted octanol–water partition coefficient (Wildman–Crippen LogP) is 3.14. The van der Waals surface area contributed by atoms with Crippen LogP contribution in [0.5, 0.6) is 17.2 Å². The van der Waals surface area contributed by atoms with Crippen LogP contribution in [0.2, 0.25) is 0 Å². The summed E-state index contributed by atoms with van der Waals surface area (Å²) in [5.41, 5.74) is 5.06. The number of piperidine rings is 1. The Hall–Kier alpha value is -2.97. The average molecular weight is 504 g/mol. The molecule has 3 rings (SSSR count). The standard InChI is InChI=1S/C27H41N3O6/c1-27(2,26(28)33)29-24(31)19-13-9-10-14-30(19)25(32)22(17-11-7-6-8-12-17)18-15-20(34-3)23(36-5)21(16-18)35-4/h15-17,19,22H,6-14H2,1-5H3,(H2,28,33)(H,29,31)/t19?,22-/m0/s1. The van der Waals surface area contributed by atoms with Crippen molar-refractivity contribution >= 4 is 17.7 Å². The van der Waals surface area contributed by atoms with Gasteiger partial charge in [-0.15, -0.1) is 0 Å². The molecule has 0 spiro atoms. The van der Waals surface area contributed by atoms with E-state index >= 15 is 0 Å². The molecule has 1 aliphatic carbocycles. The van der Waals surface area contributed by atoms with Gasteiger partial charge in [0.1, 0.15) is 11.6 Å². The quantitative estimate of drug-likeness (QED) is 0.534. The van der Waals surface area contributed by atoms with Crippen molar-refractivity contribution in [1.29, 1.82) is 0 Å². The fourth-order valence-corrected chi connectivity index (χ4v) is 5.46. The van der Waals surface area contributed by atoms with Crippen LogP contribution in [0.25, 0.3) is 0 Å². The Morgan fingerprint density at radius 3 is 2.06 bits per heavy atom. The highest BCUT2D eigenvalue weighted by atomic mass is 16.5. The summed E-state index contributed by atoms with van der Waals surface area (Å²) in [5, 5.41) is 2.76. The molecular formula is C27H41N3O6. The van der Waals surface area contributed by atoms with E-state index in [1.807, 2.05) is 12.1 Å². The molecule has 0 bridgehead atoms. The zero-order valence-corrected chi connectivity index (χ0v) is 22.2. The van der Waals surface area contributed by atoms with E-state index in [1.165, 1.54) is 0 Å². The molecule has 2 aliphatic rings. The third kappa shape index (κ3) is 5.87. The number of methoxy groups -OCH3 is 3. The molecule has 36 heavy (non-hydrogen) atoms. The van der Waals surface area contributed by atoms with Gasteiger partial charge in [0, 0.05) is 6.54 Å². The molecule has 1 aromatic carbocycles. The van der Waals surface area contributed by atoms with Crippen molar-refractivity contribution < 1.29 is 28.6 Å². The third-order valence-corrected chi connectivity index (χ3v) is 7.57. The molecule has 1 saturated heterocycles. The average Bonchev–Trinajstić information content (AvgIpc) is 2.88. The van der Waals surface area contributed by atoms with Gasteiger partial charge in [0.05, 0.1) is 27.2 Å². The first kappa shape index (κ1) is 27.6. The van der Waals surface area contributed by atoms with Gasteiger partial charge in [0.2, 0.25) is 23.5 Å². The number of amides is 3. The van der Waals surface area contributed by atoms with Gasteiger partial charge in [-0.2, -0.15) is 0 Å². The van der Waals surface area contributed by atoms with E-state index in [1.54, 1.807) is 40.1 Å². The van der Waals surface area contributed by atoms with Crippen molar-refractivity contribution in [2.75, 3.05) is 27.9 Å². The topological polar surface area (TPSA) is 120 Å². The zero-order valence-electron chi connectivity index (χ0n) is 22.2. The summed E-state index contributed by atoms with van der Waals surface area (Å²) in [7, 11) is 4.67. The van der Waals surface area contributed by atoms with Crippen molar-refractivity contribution in [1.82, 2.24) is 10.2 Å². The van der Waals surface area contributed by atoms with E-state index in [4.69, 9.17) is 19.9 Å². The number of likely N-dealkylation sites (tertiary alicyclic amines) is 1. The van der Waals surface area contributed by atoms with Crippen LogP contribution in [0.15, 0.2) is 12.1 Å². The van der Waals surface area contributed by atoms with Crippen molar-refractivity contribution in [2.45, 2.75) is 82.7 Å². The Balaban J connectivity index is 2.01. The molecule has 9 nitrogen and oxygen atoms in total. The van der Waals surface area contributed by atoms with Crippen molar-refractivity contribution in [2.24, 2.45) is 11.7 Å². The molecule has 3 N–H and O–H groups in total. The molecule has 1 aliphatic heterocycles. The van der Waals surface area contributed by atoms with E-state index in [9.17, 15) is 14.4 Å². The molecule has 2 atom stereocenters. The first-order valence-corrected chi connectivity index (χ1v) is 12.9. The molecule has 200 valence electrons. The number of nitrogens with two attached hydrogens (primary N) is 1. The maximum atomic E-state index is 14.3. The number of hydrogen-bond donors (Lipinski definition) is 2. The summed E-state index contributed by atoms with van der Waals surface area (Å²) >= 11 is 0. The minimum Gasteiger partial charge on any atom is -0.493 e. The van der Waals surface area contributed by atoms with E-state index in [0.717, 1.165) is 50.5 Å². The molecule has 1 saturated carbocycles. The number of hydrogen-bond acceptors (Lipinski definition) is 6. The van der Waals surface area contributed by atoms with Gasteiger partial charge >= 0.3 is 0 Å². The summed E-state index contributed by atoms with van der Waals surface area (Å²) in [4.78, 5) is 41.1. The SMILES string of the molecule is COc1cc([C@@H](C(=O)N2CCCCC2C(=O)NC(C)(C)C(N)=O)C2CCCCC2)cc(OC)c1OC. The first-order chi connectivity index (χ1) is 17.1. The molecule has 3 amide bonds. The predicted molar refractivity (Wildman–Crippen MR) is 136 cm³/mol. The van der Waals surface area contributed by atoms with Crippen LogP contribution in [0.1, 0.15) is 76.7 Å². The van der Waals surface area contributed by atoms with Gasteiger partial charge in [-0.25, -0.2) is 0 Å². The number of benzene rings is 1. The van der Waals surface area contributed by atoms with Gasteiger partial charge in [-0.3, -0.25) is 14.4 Å².